The smallest absolute Gasteiger partial charge is 0.264 e. The van der Waals surface area contributed by atoms with E-state index in [1.807, 2.05) is 31.2 Å². The second kappa shape index (κ2) is 6.60. The van der Waals surface area contributed by atoms with Gasteiger partial charge in [0.2, 0.25) is 6.10 Å². The van der Waals surface area contributed by atoms with Crippen LogP contribution < -0.4 is 5.32 Å². The number of oxime groups is 1. The molecule has 0 aliphatic carbocycles. The lowest BCUT2D eigenvalue weighted by atomic mass is 10.0. The van der Waals surface area contributed by atoms with Crippen molar-refractivity contribution in [3.8, 4) is 0 Å². The van der Waals surface area contributed by atoms with Crippen LogP contribution in [0.15, 0.2) is 53.7 Å². The van der Waals surface area contributed by atoms with E-state index in [1.54, 1.807) is 12.1 Å². The highest BCUT2D eigenvalue weighted by Crippen LogP contribution is 2.18. The van der Waals surface area contributed by atoms with Crippen molar-refractivity contribution < 1.29 is 14.0 Å². The second-order valence-electron chi connectivity index (χ2n) is 5.49. The summed E-state index contributed by atoms with van der Waals surface area (Å²) in [5.41, 5.74) is 3.40. The first kappa shape index (κ1) is 15.2. The van der Waals surface area contributed by atoms with Gasteiger partial charge in [0.05, 0.1) is 5.71 Å². The van der Waals surface area contributed by atoms with Gasteiger partial charge in [-0.3, -0.25) is 4.79 Å². The number of nitrogens with zero attached hydrogens (tertiary/aromatic N) is 1. The van der Waals surface area contributed by atoms with E-state index in [2.05, 4.69) is 10.5 Å². The lowest BCUT2D eigenvalue weighted by Gasteiger charge is -2.11. The number of hydrogen-bond acceptors (Lipinski definition) is 3. The quantitative estimate of drug-likeness (QED) is 0.943. The van der Waals surface area contributed by atoms with Crippen molar-refractivity contribution in [2.75, 3.05) is 0 Å². The van der Waals surface area contributed by atoms with Crippen LogP contribution in [0.2, 0.25) is 0 Å². The zero-order valence-electron chi connectivity index (χ0n) is 12.8. The van der Waals surface area contributed by atoms with E-state index >= 15 is 0 Å². The molecule has 4 nitrogen and oxygen atoms in total. The summed E-state index contributed by atoms with van der Waals surface area (Å²) < 4.78 is 13.2. The molecule has 1 heterocycles. The van der Waals surface area contributed by atoms with E-state index < -0.39 is 6.10 Å². The summed E-state index contributed by atoms with van der Waals surface area (Å²) in [4.78, 5) is 17.4. The molecule has 0 spiro atoms. The molecule has 1 atom stereocenters. The highest BCUT2D eigenvalue weighted by molar-refractivity contribution is 6.04. The molecule has 1 aliphatic heterocycles. The Morgan fingerprint density at radius 2 is 2.13 bits per heavy atom. The molecular weight excluding hydrogens is 295 g/mol. The largest absolute Gasteiger partial charge is 0.382 e. The fourth-order valence-corrected chi connectivity index (χ4v) is 2.46. The fraction of sp³-hybridized carbons (Fsp3) is 0.222. The first-order valence-electron chi connectivity index (χ1n) is 7.44. The third-order valence-corrected chi connectivity index (χ3v) is 3.83. The molecule has 2 aromatic carbocycles. The van der Waals surface area contributed by atoms with Crippen LogP contribution in [0.3, 0.4) is 0 Å². The number of carbonyl (C=O) groups excluding carboxylic acids is 1. The van der Waals surface area contributed by atoms with Crippen LogP contribution in [0.25, 0.3) is 0 Å². The predicted octanol–water partition coefficient (Wildman–Crippen LogP) is 2.94. The Bertz CT molecular complexity index is 758. The summed E-state index contributed by atoms with van der Waals surface area (Å²) in [5, 5.41) is 6.77. The van der Waals surface area contributed by atoms with Gasteiger partial charge in [-0.25, -0.2) is 4.39 Å². The summed E-state index contributed by atoms with van der Waals surface area (Å²) >= 11 is 0. The number of carbonyl (C=O) groups is 1. The van der Waals surface area contributed by atoms with Gasteiger partial charge >= 0.3 is 0 Å². The zero-order valence-corrected chi connectivity index (χ0v) is 12.8. The number of aryl methyl sites for hydroxylation is 1. The molecule has 5 heteroatoms. The molecule has 1 unspecified atom stereocenters. The molecular formula is C18H17FN2O2. The summed E-state index contributed by atoms with van der Waals surface area (Å²) in [5.74, 6) is -0.555. The van der Waals surface area contributed by atoms with Crippen LogP contribution >= 0.6 is 0 Å². The van der Waals surface area contributed by atoms with Crippen molar-refractivity contribution in [2.45, 2.75) is 26.0 Å². The Hall–Kier alpha value is -2.69. The van der Waals surface area contributed by atoms with Gasteiger partial charge in [-0.15, -0.1) is 0 Å². The van der Waals surface area contributed by atoms with Gasteiger partial charge < -0.3 is 10.2 Å². The van der Waals surface area contributed by atoms with E-state index in [1.165, 1.54) is 12.1 Å². The van der Waals surface area contributed by atoms with Crippen molar-refractivity contribution in [1.82, 2.24) is 5.32 Å². The lowest BCUT2D eigenvalue weighted by molar-refractivity contribution is -0.131. The van der Waals surface area contributed by atoms with Crippen LogP contribution in [0.5, 0.6) is 0 Å². The third kappa shape index (κ3) is 3.56. The molecule has 23 heavy (non-hydrogen) atoms. The number of hydrogen-bond donors (Lipinski definition) is 1. The van der Waals surface area contributed by atoms with Gasteiger partial charge in [0.25, 0.3) is 5.91 Å². The van der Waals surface area contributed by atoms with Gasteiger partial charge in [0.1, 0.15) is 5.82 Å². The predicted molar refractivity (Wildman–Crippen MR) is 85.5 cm³/mol. The monoisotopic (exact) mass is 312 g/mol. The summed E-state index contributed by atoms with van der Waals surface area (Å²) in [6.07, 6.45) is -0.333. The van der Waals surface area contributed by atoms with Gasteiger partial charge in [0, 0.05) is 18.5 Å². The number of halogens is 1. The molecule has 1 aliphatic rings. The van der Waals surface area contributed by atoms with Crippen LogP contribution in [0, 0.1) is 12.7 Å². The minimum Gasteiger partial charge on any atom is -0.382 e. The van der Waals surface area contributed by atoms with Gasteiger partial charge in [-0.1, -0.05) is 41.6 Å². The molecule has 0 bridgehead atoms. The highest BCUT2D eigenvalue weighted by Gasteiger charge is 2.28. The Kier molecular flexibility index (Phi) is 4.37. The zero-order chi connectivity index (χ0) is 16.2. The van der Waals surface area contributed by atoms with E-state index in [-0.39, 0.29) is 11.7 Å². The summed E-state index contributed by atoms with van der Waals surface area (Å²) in [7, 11) is 0. The molecule has 1 amide bonds. The van der Waals surface area contributed by atoms with Crippen molar-refractivity contribution >= 4 is 11.6 Å². The van der Waals surface area contributed by atoms with Crippen LogP contribution in [-0.4, -0.2) is 17.7 Å². The van der Waals surface area contributed by atoms with Gasteiger partial charge in [0.15, 0.2) is 0 Å². The minimum absolute atomic E-state index is 0.219. The van der Waals surface area contributed by atoms with E-state index in [0.29, 0.717) is 24.2 Å². The van der Waals surface area contributed by atoms with Crippen LogP contribution in [0.4, 0.5) is 4.39 Å². The molecule has 0 radical (unpaired) electrons. The van der Waals surface area contributed by atoms with Crippen LogP contribution in [0.1, 0.15) is 23.1 Å². The first-order valence-corrected chi connectivity index (χ1v) is 7.44. The molecule has 0 saturated heterocycles. The van der Waals surface area contributed by atoms with Crippen molar-refractivity contribution in [3.05, 3.63) is 71.0 Å². The number of rotatable bonds is 4. The summed E-state index contributed by atoms with van der Waals surface area (Å²) in [6.45, 7) is 2.44. The molecule has 118 valence electrons. The lowest BCUT2D eigenvalue weighted by Crippen LogP contribution is -2.34. The third-order valence-electron chi connectivity index (χ3n) is 3.83. The Balaban J connectivity index is 1.58. The summed E-state index contributed by atoms with van der Waals surface area (Å²) in [6, 6.07) is 14.0. The molecule has 1 N–H and O–H groups in total. The van der Waals surface area contributed by atoms with E-state index in [0.717, 1.165) is 11.1 Å². The molecule has 0 saturated carbocycles. The van der Waals surface area contributed by atoms with E-state index in [4.69, 9.17) is 4.84 Å². The molecule has 3 rings (SSSR count). The topological polar surface area (TPSA) is 50.7 Å². The highest BCUT2D eigenvalue weighted by atomic mass is 19.1. The average Bonchev–Trinajstić information content (AvgIpc) is 3.04. The van der Waals surface area contributed by atoms with Crippen molar-refractivity contribution in [2.24, 2.45) is 5.16 Å². The number of nitrogens with one attached hydrogen (secondary N) is 1. The average molecular weight is 312 g/mol. The molecule has 0 fully saturated rings. The van der Waals surface area contributed by atoms with Gasteiger partial charge in [-0.05, 0) is 30.2 Å². The fourth-order valence-electron chi connectivity index (χ4n) is 2.46. The Morgan fingerprint density at radius 3 is 2.91 bits per heavy atom. The normalized spacial score (nSPS) is 16.6. The maximum Gasteiger partial charge on any atom is 0.264 e. The van der Waals surface area contributed by atoms with Crippen LogP contribution in [-0.2, 0) is 16.2 Å². The molecule has 0 aromatic heterocycles. The maximum atomic E-state index is 13.2. The maximum absolute atomic E-state index is 13.2. The van der Waals surface area contributed by atoms with Crippen molar-refractivity contribution in [3.63, 3.8) is 0 Å². The SMILES string of the molecule is Cc1ccccc1CNC(=O)C1CC(c2cccc(F)c2)=NO1. The second-order valence-corrected chi connectivity index (χ2v) is 5.49. The standard InChI is InChI=1S/C18H17FN2O2/c1-12-5-2-3-6-14(12)11-20-18(22)17-10-16(21-23-17)13-7-4-8-15(19)9-13/h2-9,17H,10-11H2,1H3,(H,20,22). The van der Waals surface area contributed by atoms with E-state index in [9.17, 15) is 9.18 Å². The first-order chi connectivity index (χ1) is 11.1. The number of benzene rings is 2. The van der Waals surface area contributed by atoms with Crippen molar-refractivity contribution in [1.29, 1.82) is 0 Å². The molecule has 2 aromatic rings. The Morgan fingerprint density at radius 1 is 1.30 bits per heavy atom. The minimum atomic E-state index is -0.669. The number of amides is 1. The van der Waals surface area contributed by atoms with Gasteiger partial charge in [-0.2, -0.15) is 0 Å². The Labute approximate surface area is 134 Å².